The van der Waals surface area contributed by atoms with Gasteiger partial charge in [-0.2, -0.15) is 0 Å². The van der Waals surface area contributed by atoms with E-state index in [9.17, 15) is 9.59 Å². The predicted octanol–water partition coefficient (Wildman–Crippen LogP) is 4.61. The van der Waals surface area contributed by atoms with Gasteiger partial charge in [-0.3, -0.25) is 9.59 Å². The second-order valence-electron chi connectivity index (χ2n) is 7.72. The molecule has 0 aliphatic rings. The molecule has 2 aromatic carbocycles. The normalized spacial score (nSPS) is 9.49. The molecule has 0 N–H and O–H groups in total. The van der Waals surface area contributed by atoms with Gasteiger partial charge in [0.05, 0.1) is 13.2 Å². The van der Waals surface area contributed by atoms with Crippen molar-refractivity contribution >= 4 is 11.9 Å². The summed E-state index contributed by atoms with van der Waals surface area (Å²) in [6.07, 6.45) is -0.264. The molecule has 0 aliphatic carbocycles. The standard InChI is InChI=1S/C31H28O4/c1-5-34-29(32)31(30(33)35-6-2,21-11-7-9-17-27-19-13-15-25(3)23-27)22-12-8-10-18-28-20-14-16-26(4)24-28/h13-16,19-20,23-24H,5-6,21-22H2,1-4H3. The average molecular weight is 465 g/mol. The molecule has 0 heterocycles. The third kappa shape index (κ3) is 8.48. The lowest BCUT2D eigenvalue weighted by Gasteiger charge is -2.25. The Morgan fingerprint density at radius 1 is 0.714 bits per heavy atom. The van der Waals surface area contributed by atoms with E-state index in [1.54, 1.807) is 13.8 Å². The van der Waals surface area contributed by atoms with Crippen molar-refractivity contribution in [2.24, 2.45) is 5.41 Å². The summed E-state index contributed by atoms with van der Waals surface area (Å²) in [5, 5.41) is 0. The van der Waals surface area contributed by atoms with Crippen molar-refractivity contribution in [2.75, 3.05) is 13.2 Å². The van der Waals surface area contributed by atoms with Crippen molar-refractivity contribution < 1.29 is 19.1 Å². The van der Waals surface area contributed by atoms with Crippen molar-refractivity contribution in [1.29, 1.82) is 0 Å². The molecule has 0 saturated carbocycles. The highest BCUT2D eigenvalue weighted by molar-refractivity contribution is 6.00. The summed E-state index contributed by atoms with van der Waals surface area (Å²) >= 11 is 0. The zero-order valence-electron chi connectivity index (χ0n) is 20.6. The molecule has 2 rings (SSSR count). The molecule has 176 valence electrons. The first kappa shape index (κ1) is 26.9. The van der Waals surface area contributed by atoms with Crippen LogP contribution in [0.2, 0.25) is 0 Å². The van der Waals surface area contributed by atoms with Crippen molar-refractivity contribution in [3.8, 4) is 47.4 Å². The minimum Gasteiger partial charge on any atom is -0.465 e. The van der Waals surface area contributed by atoms with Crippen LogP contribution in [0.1, 0.15) is 48.9 Å². The highest BCUT2D eigenvalue weighted by Gasteiger charge is 2.48. The first-order valence-electron chi connectivity index (χ1n) is 11.4. The van der Waals surface area contributed by atoms with E-state index in [4.69, 9.17) is 9.47 Å². The quantitative estimate of drug-likeness (QED) is 0.356. The van der Waals surface area contributed by atoms with E-state index >= 15 is 0 Å². The summed E-state index contributed by atoms with van der Waals surface area (Å²) in [7, 11) is 0. The van der Waals surface area contributed by atoms with Gasteiger partial charge in [-0.05, 0) is 86.8 Å². The lowest BCUT2D eigenvalue weighted by atomic mass is 9.81. The number of aryl methyl sites for hydroxylation is 2. The zero-order chi connectivity index (χ0) is 25.5. The predicted molar refractivity (Wildman–Crippen MR) is 137 cm³/mol. The Bertz CT molecular complexity index is 1200. The Hall–Kier alpha value is -4.38. The molecular weight excluding hydrogens is 436 g/mol. The fraction of sp³-hybridized carbons (Fsp3) is 0.290. The van der Waals surface area contributed by atoms with E-state index in [-0.39, 0.29) is 26.1 Å². The van der Waals surface area contributed by atoms with Crippen molar-refractivity contribution in [3.05, 3.63) is 70.8 Å². The molecule has 2 aromatic rings. The van der Waals surface area contributed by atoms with Gasteiger partial charge in [0, 0.05) is 24.0 Å². The molecule has 0 aliphatic heterocycles. The number of rotatable bonds is 6. The van der Waals surface area contributed by atoms with Crippen LogP contribution in [0.5, 0.6) is 0 Å². The number of hydrogen-bond acceptors (Lipinski definition) is 4. The van der Waals surface area contributed by atoms with E-state index in [2.05, 4.69) is 47.4 Å². The summed E-state index contributed by atoms with van der Waals surface area (Å²) < 4.78 is 10.4. The Labute approximate surface area is 208 Å². The second kappa shape index (κ2) is 14.0. The lowest BCUT2D eigenvalue weighted by molar-refractivity contribution is -0.171. The highest BCUT2D eigenvalue weighted by atomic mass is 16.6. The van der Waals surface area contributed by atoms with Gasteiger partial charge < -0.3 is 9.47 Å². The van der Waals surface area contributed by atoms with Gasteiger partial charge in [-0.15, -0.1) is 0 Å². The fourth-order valence-electron chi connectivity index (χ4n) is 3.10. The molecule has 0 spiro atoms. The largest absolute Gasteiger partial charge is 0.465 e. The number of carbonyl (C=O) groups excluding carboxylic acids is 2. The molecule has 0 saturated heterocycles. The minimum absolute atomic E-state index is 0.112. The summed E-state index contributed by atoms with van der Waals surface area (Å²) in [5.74, 6) is 21.1. The first-order valence-corrected chi connectivity index (χ1v) is 11.4. The van der Waals surface area contributed by atoms with Crippen LogP contribution in [-0.4, -0.2) is 25.2 Å². The summed E-state index contributed by atoms with van der Waals surface area (Å²) in [5.41, 5.74) is 2.18. The van der Waals surface area contributed by atoms with Crippen LogP contribution in [0.15, 0.2) is 48.5 Å². The van der Waals surface area contributed by atoms with Crippen LogP contribution in [0, 0.1) is 66.6 Å². The van der Waals surface area contributed by atoms with Gasteiger partial charge in [-0.25, -0.2) is 0 Å². The number of ether oxygens (including phenoxy) is 2. The topological polar surface area (TPSA) is 52.6 Å². The molecule has 0 bridgehead atoms. The van der Waals surface area contributed by atoms with E-state index in [1.807, 2.05) is 62.4 Å². The van der Waals surface area contributed by atoms with Gasteiger partial charge in [0.25, 0.3) is 0 Å². The molecule has 0 unspecified atom stereocenters. The average Bonchev–Trinajstić information content (AvgIpc) is 2.82. The third-order valence-corrected chi connectivity index (χ3v) is 4.86. The molecule has 0 atom stereocenters. The summed E-state index contributed by atoms with van der Waals surface area (Å²) in [4.78, 5) is 25.8. The van der Waals surface area contributed by atoms with Crippen LogP contribution in [-0.2, 0) is 19.1 Å². The number of esters is 2. The van der Waals surface area contributed by atoms with Gasteiger partial charge in [0.2, 0.25) is 0 Å². The number of carbonyl (C=O) groups is 2. The maximum atomic E-state index is 12.9. The molecule has 0 fully saturated rings. The van der Waals surface area contributed by atoms with E-state index in [0.717, 1.165) is 22.3 Å². The number of hydrogen-bond donors (Lipinski definition) is 0. The van der Waals surface area contributed by atoms with Crippen LogP contribution < -0.4 is 0 Å². The van der Waals surface area contributed by atoms with Crippen LogP contribution >= 0.6 is 0 Å². The first-order chi connectivity index (χ1) is 16.9. The lowest BCUT2D eigenvalue weighted by Crippen LogP contribution is -2.41. The van der Waals surface area contributed by atoms with E-state index in [1.165, 1.54) is 0 Å². The van der Waals surface area contributed by atoms with Gasteiger partial charge in [0.1, 0.15) is 0 Å². The van der Waals surface area contributed by atoms with E-state index < -0.39 is 17.4 Å². The molecule has 0 radical (unpaired) electrons. The van der Waals surface area contributed by atoms with Gasteiger partial charge >= 0.3 is 11.9 Å². The van der Waals surface area contributed by atoms with Crippen LogP contribution in [0.3, 0.4) is 0 Å². The van der Waals surface area contributed by atoms with Gasteiger partial charge in [-0.1, -0.05) is 47.9 Å². The molecule has 35 heavy (non-hydrogen) atoms. The maximum Gasteiger partial charge on any atom is 0.325 e. The van der Waals surface area contributed by atoms with Crippen LogP contribution in [0.4, 0.5) is 0 Å². The maximum absolute atomic E-state index is 12.9. The Morgan fingerprint density at radius 3 is 1.51 bits per heavy atom. The Balaban J connectivity index is 2.30. The second-order valence-corrected chi connectivity index (χ2v) is 7.72. The minimum atomic E-state index is -1.68. The summed E-state index contributed by atoms with van der Waals surface area (Å²) in [6.45, 7) is 7.53. The molecule has 0 amide bonds. The summed E-state index contributed by atoms with van der Waals surface area (Å²) in [6, 6.07) is 15.5. The van der Waals surface area contributed by atoms with Crippen molar-refractivity contribution in [1.82, 2.24) is 0 Å². The molecular formula is C31H28O4. The monoisotopic (exact) mass is 464 g/mol. The fourth-order valence-corrected chi connectivity index (χ4v) is 3.10. The SMILES string of the molecule is CCOC(=O)C(CC#CC#Cc1cccc(C)c1)(CC#CC#Cc1cccc(C)c1)C(=O)OCC. The Kier molecular flexibility index (Phi) is 10.8. The van der Waals surface area contributed by atoms with E-state index in [0.29, 0.717) is 0 Å². The van der Waals surface area contributed by atoms with Crippen molar-refractivity contribution in [2.45, 2.75) is 40.5 Å². The highest BCUT2D eigenvalue weighted by Crippen LogP contribution is 2.30. The van der Waals surface area contributed by atoms with Gasteiger partial charge in [0.15, 0.2) is 5.41 Å². The van der Waals surface area contributed by atoms with Crippen molar-refractivity contribution in [3.63, 3.8) is 0 Å². The molecule has 0 aromatic heterocycles. The smallest absolute Gasteiger partial charge is 0.325 e. The zero-order valence-corrected chi connectivity index (χ0v) is 20.6. The Morgan fingerprint density at radius 2 is 1.14 bits per heavy atom. The molecule has 4 heteroatoms. The van der Waals surface area contributed by atoms with Crippen LogP contribution in [0.25, 0.3) is 0 Å². The third-order valence-electron chi connectivity index (χ3n) is 4.86. The number of benzene rings is 2. The molecule has 4 nitrogen and oxygen atoms in total.